The molecule has 0 aliphatic rings. The molecule has 0 bridgehead atoms. The molecule has 5 heteroatoms. The SMILES string of the molecule is CCOCC(=O)NCc1ccc(Oc2ccc(F)cc2)cc1. The molecule has 1 N–H and O–H groups in total. The summed E-state index contributed by atoms with van der Waals surface area (Å²) in [4.78, 5) is 11.4. The maximum absolute atomic E-state index is 12.8. The van der Waals surface area contributed by atoms with Crippen molar-refractivity contribution in [2.45, 2.75) is 13.5 Å². The molecule has 116 valence electrons. The number of hydrogen-bond donors (Lipinski definition) is 1. The molecular formula is C17H18FNO3. The average molecular weight is 303 g/mol. The van der Waals surface area contributed by atoms with Crippen LogP contribution < -0.4 is 10.1 Å². The summed E-state index contributed by atoms with van der Waals surface area (Å²) in [6.45, 7) is 2.86. The Balaban J connectivity index is 1.85. The molecule has 0 heterocycles. The monoisotopic (exact) mass is 303 g/mol. The molecule has 2 aromatic rings. The zero-order valence-corrected chi connectivity index (χ0v) is 12.3. The lowest BCUT2D eigenvalue weighted by molar-refractivity contribution is -0.125. The van der Waals surface area contributed by atoms with Crippen molar-refractivity contribution >= 4 is 5.91 Å². The van der Waals surface area contributed by atoms with Gasteiger partial charge in [-0.15, -0.1) is 0 Å². The summed E-state index contributed by atoms with van der Waals surface area (Å²) in [5.41, 5.74) is 0.955. The van der Waals surface area contributed by atoms with Crippen molar-refractivity contribution in [2.75, 3.05) is 13.2 Å². The van der Waals surface area contributed by atoms with E-state index in [1.165, 1.54) is 12.1 Å². The lowest BCUT2D eigenvalue weighted by Gasteiger charge is -2.08. The minimum Gasteiger partial charge on any atom is -0.457 e. The minimum absolute atomic E-state index is 0.0717. The maximum Gasteiger partial charge on any atom is 0.246 e. The number of ether oxygens (including phenoxy) is 2. The van der Waals surface area contributed by atoms with E-state index in [4.69, 9.17) is 9.47 Å². The van der Waals surface area contributed by atoms with E-state index in [1.54, 1.807) is 24.3 Å². The van der Waals surface area contributed by atoms with Crippen LogP contribution in [-0.4, -0.2) is 19.1 Å². The normalized spacial score (nSPS) is 10.3. The van der Waals surface area contributed by atoms with E-state index in [2.05, 4.69) is 5.32 Å². The summed E-state index contributed by atoms with van der Waals surface area (Å²) in [6.07, 6.45) is 0. The van der Waals surface area contributed by atoms with E-state index in [0.29, 0.717) is 24.7 Å². The van der Waals surface area contributed by atoms with Gasteiger partial charge in [-0.05, 0) is 48.9 Å². The number of amides is 1. The van der Waals surface area contributed by atoms with Gasteiger partial charge in [0.15, 0.2) is 0 Å². The number of carbonyl (C=O) groups excluding carboxylic acids is 1. The highest BCUT2D eigenvalue weighted by atomic mass is 19.1. The van der Waals surface area contributed by atoms with Crippen molar-refractivity contribution in [3.8, 4) is 11.5 Å². The van der Waals surface area contributed by atoms with Crippen LogP contribution in [0.2, 0.25) is 0 Å². The summed E-state index contributed by atoms with van der Waals surface area (Å²) in [7, 11) is 0. The van der Waals surface area contributed by atoms with Gasteiger partial charge in [0.1, 0.15) is 23.9 Å². The van der Waals surface area contributed by atoms with Crippen molar-refractivity contribution < 1.29 is 18.7 Å². The Bertz CT molecular complexity index is 596. The third-order valence-electron chi connectivity index (χ3n) is 2.90. The van der Waals surface area contributed by atoms with Gasteiger partial charge < -0.3 is 14.8 Å². The van der Waals surface area contributed by atoms with E-state index >= 15 is 0 Å². The summed E-state index contributed by atoms with van der Waals surface area (Å²) < 4.78 is 23.4. The first kappa shape index (κ1) is 16.0. The Morgan fingerprint density at radius 3 is 2.23 bits per heavy atom. The van der Waals surface area contributed by atoms with Gasteiger partial charge in [0, 0.05) is 13.2 Å². The average Bonchev–Trinajstić information content (AvgIpc) is 2.54. The fourth-order valence-corrected chi connectivity index (χ4v) is 1.76. The largest absolute Gasteiger partial charge is 0.457 e. The molecule has 0 unspecified atom stereocenters. The molecule has 2 aromatic carbocycles. The molecular weight excluding hydrogens is 285 g/mol. The molecule has 0 aromatic heterocycles. The van der Waals surface area contributed by atoms with Gasteiger partial charge >= 0.3 is 0 Å². The van der Waals surface area contributed by atoms with E-state index in [0.717, 1.165) is 5.56 Å². The highest BCUT2D eigenvalue weighted by Crippen LogP contribution is 2.21. The highest BCUT2D eigenvalue weighted by Gasteiger charge is 2.02. The van der Waals surface area contributed by atoms with Crippen LogP contribution in [0.25, 0.3) is 0 Å². The van der Waals surface area contributed by atoms with Gasteiger partial charge in [-0.25, -0.2) is 4.39 Å². The fourth-order valence-electron chi connectivity index (χ4n) is 1.76. The van der Waals surface area contributed by atoms with E-state index in [9.17, 15) is 9.18 Å². The van der Waals surface area contributed by atoms with Crippen LogP contribution in [0, 0.1) is 5.82 Å². The third-order valence-corrected chi connectivity index (χ3v) is 2.90. The summed E-state index contributed by atoms with van der Waals surface area (Å²) in [5, 5.41) is 2.76. The van der Waals surface area contributed by atoms with Gasteiger partial charge in [0.2, 0.25) is 5.91 Å². The summed E-state index contributed by atoms with van der Waals surface area (Å²) in [5.74, 6) is 0.772. The molecule has 22 heavy (non-hydrogen) atoms. The first-order chi connectivity index (χ1) is 10.7. The van der Waals surface area contributed by atoms with Crippen LogP contribution in [0.1, 0.15) is 12.5 Å². The van der Waals surface area contributed by atoms with Gasteiger partial charge in [-0.1, -0.05) is 12.1 Å². The lowest BCUT2D eigenvalue weighted by atomic mass is 10.2. The second-order valence-electron chi connectivity index (χ2n) is 4.61. The summed E-state index contributed by atoms with van der Waals surface area (Å²) >= 11 is 0. The van der Waals surface area contributed by atoms with Crippen LogP contribution in [-0.2, 0) is 16.1 Å². The van der Waals surface area contributed by atoms with E-state index in [-0.39, 0.29) is 18.3 Å². The van der Waals surface area contributed by atoms with Crippen molar-refractivity contribution in [1.82, 2.24) is 5.32 Å². The van der Waals surface area contributed by atoms with Gasteiger partial charge in [0.05, 0.1) is 0 Å². The predicted octanol–water partition coefficient (Wildman–Crippen LogP) is 3.27. The molecule has 0 saturated heterocycles. The van der Waals surface area contributed by atoms with Crippen LogP contribution in [0.3, 0.4) is 0 Å². The van der Waals surface area contributed by atoms with Crippen molar-refractivity contribution in [3.63, 3.8) is 0 Å². The van der Waals surface area contributed by atoms with Gasteiger partial charge in [-0.3, -0.25) is 4.79 Å². The second-order valence-corrected chi connectivity index (χ2v) is 4.61. The van der Waals surface area contributed by atoms with Crippen LogP contribution in [0.5, 0.6) is 11.5 Å². The van der Waals surface area contributed by atoms with E-state index < -0.39 is 0 Å². The van der Waals surface area contributed by atoms with E-state index in [1.807, 2.05) is 19.1 Å². The molecule has 0 aliphatic heterocycles. The van der Waals surface area contributed by atoms with Crippen LogP contribution in [0.4, 0.5) is 4.39 Å². The Labute approximate surface area is 128 Å². The number of nitrogens with one attached hydrogen (secondary N) is 1. The number of benzene rings is 2. The highest BCUT2D eigenvalue weighted by molar-refractivity contribution is 5.77. The minimum atomic E-state index is -0.300. The topological polar surface area (TPSA) is 47.6 Å². The first-order valence-corrected chi connectivity index (χ1v) is 7.04. The zero-order valence-electron chi connectivity index (χ0n) is 12.3. The number of hydrogen-bond acceptors (Lipinski definition) is 3. The van der Waals surface area contributed by atoms with Crippen molar-refractivity contribution in [2.24, 2.45) is 0 Å². The lowest BCUT2D eigenvalue weighted by Crippen LogP contribution is -2.27. The molecule has 0 saturated carbocycles. The quantitative estimate of drug-likeness (QED) is 0.854. The molecule has 4 nitrogen and oxygen atoms in total. The van der Waals surface area contributed by atoms with Crippen LogP contribution in [0.15, 0.2) is 48.5 Å². The summed E-state index contributed by atoms with van der Waals surface area (Å²) in [6, 6.07) is 13.1. The molecule has 0 atom stereocenters. The maximum atomic E-state index is 12.8. The molecule has 0 radical (unpaired) electrons. The smallest absolute Gasteiger partial charge is 0.246 e. The number of halogens is 1. The van der Waals surface area contributed by atoms with Crippen molar-refractivity contribution in [1.29, 1.82) is 0 Å². The van der Waals surface area contributed by atoms with Crippen molar-refractivity contribution in [3.05, 3.63) is 59.9 Å². The molecule has 0 fully saturated rings. The predicted molar refractivity (Wildman–Crippen MR) is 81.3 cm³/mol. The fraction of sp³-hybridized carbons (Fsp3) is 0.235. The standard InChI is InChI=1S/C17H18FNO3/c1-2-21-12-17(20)19-11-13-3-7-15(8-4-13)22-16-9-5-14(18)6-10-16/h3-10H,2,11-12H2,1H3,(H,19,20). The first-order valence-electron chi connectivity index (χ1n) is 7.04. The molecule has 0 spiro atoms. The Kier molecular flexibility index (Phi) is 5.91. The Morgan fingerprint density at radius 1 is 1.05 bits per heavy atom. The third kappa shape index (κ3) is 5.18. The van der Waals surface area contributed by atoms with Crippen LogP contribution >= 0.6 is 0 Å². The number of carbonyl (C=O) groups is 1. The zero-order chi connectivity index (χ0) is 15.8. The Hall–Kier alpha value is -2.40. The number of rotatable bonds is 7. The van der Waals surface area contributed by atoms with Gasteiger partial charge in [-0.2, -0.15) is 0 Å². The Morgan fingerprint density at radius 2 is 1.64 bits per heavy atom. The second kappa shape index (κ2) is 8.14. The molecule has 2 rings (SSSR count). The molecule has 0 aliphatic carbocycles. The molecule has 1 amide bonds. The van der Waals surface area contributed by atoms with Gasteiger partial charge in [0.25, 0.3) is 0 Å².